The van der Waals surface area contributed by atoms with Crippen LogP contribution in [0.4, 0.5) is 4.39 Å². The molecule has 0 atom stereocenters. The van der Waals surface area contributed by atoms with E-state index < -0.39 is 0 Å². The van der Waals surface area contributed by atoms with E-state index in [9.17, 15) is 4.39 Å². The molecule has 4 nitrogen and oxygen atoms in total. The number of rotatable bonds is 6. The molecule has 0 amide bonds. The zero-order chi connectivity index (χ0) is 14.1. The minimum Gasteiger partial charge on any atom is -0.385 e. The van der Waals surface area contributed by atoms with E-state index >= 15 is 0 Å². The Bertz CT molecular complexity index is 432. The fourth-order valence-corrected chi connectivity index (χ4v) is 1.91. The summed E-state index contributed by atoms with van der Waals surface area (Å²) in [4.78, 5) is 4.07. The molecule has 0 fully saturated rings. The van der Waals surface area contributed by atoms with Gasteiger partial charge in [0.25, 0.3) is 0 Å². The van der Waals surface area contributed by atoms with Gasteiger partial charge in [-0.2, -0.15) is 0 Å². The van der Waals surface area contributed by atoms with Crippen LogP contribution in [0.15, 0.2) is 27.7 Å². The maximum Gasteiger partial charge on any atom is 0.191 e. The molecule has 7 heteroatoms. The lowest BCUT2D eigenvalue weighted by molar-refractivity contribution is 0.195. The van der Waals surface area contributed by atoms with Crippen LogP contribution in [-0.4, -0.2) is 33.3 Å². The number of halogens is 3. The van der Waals surface area contributed by atoms with Crippen LogP contribution in [0, 0.1) is 5.82 Å². The Hall–Kier alpha value is -0.410. The van der Waals surface area contributed by atoms with Crippen molar-refractivity contribution >= 4 is 45.9 Å². The first kappa shape index (κ1) is 19.6. The Morgan fingerprint density at radius 3 is 2.80 bits per heavy atom. The number of nitrogens with one attached hydrogen (secondary N) is 2. The number of aliphatic imine (C=N–C) groups is 1. The largest absolute Gasteiger partial charge is 0.385 e. The molecular formula is C13H20BrFIN3O. The number of hydrogen-bond acceptors (Lipinski definition) is 2. The second-order valence-electron chi connectivity index (χ2n) is 3.93. The minimum absolute atomic E-state index is 0. The summed E-state index contributed by atoms with van der Waals surface area (Å²) < 4.78 is 19.4. The molecule has 0 aliphatic heterocycles. The number of hydrogen-bond donors (Lipinski definition) is 2. The highest BCUT2D eigenvalue weighted by Crippen LogP contribution is 2.15. The summed E-state index contributed by atoms with van der Waals surface area (Å²) in [6.07, 6.45) is 0.891. The van der Waals surface area contributed by atoms with E-state index in [4.69, 9.17) is 4.74 Å². The third-order valence-corrected chi connectivity index (χ3v) is 2.99. The molecule has 1 aromatic rings. The van der Waals surface area contributed by atoms with Gasteiger partial charge in [0.2, 0.25) is 0 Å². The van der Waals surface area contributed by atoms with Crippen molar-refractivity contribution in [3.05, 3.63) is 34.1 Å². The van der Waals surface area contributed by atoms with E-state index in [0.29, 0.717) is 24.7 Å². The third-order valence-electron chi connectivity index (χ3n) is 2.50. The predicted molar refractivity (Wildman–Crippen MR) is 94.2 cm³/mol. The van der Waals surface area contributed by atoms with Crippen molar-refractivity contribution in [3.63, 3.8) is 0 Å². The maximum atomic E-state index is 13.5. The lowest BCUT2D eigenvalue weighted by atomic mass is 10.2. The van der Waals surface area contributed by atoms with Crippen molar-refractivity contribution in [2.75, 3.05) is 27.3 Å². The van der Waals surface area contributed by atoms with Gasteiger partial charge in [-0.15, -0.1) is 24.0 Å². The van der Waals surface area contributed by atoms with Gasteiger partial charge < -0.3 is 15.4 Å². The molecule has 0 spiro atoms. The SMILES string of the molecule is CN=C(NCCCOC)NCc1cc(Br)ccc1F.I. The molecule has 1 aromatic carbocycles. The van der Waals surface area contributed by atoms with Crippen molar-refractivity contribution in [1.29, 1.82) is 0 Å². The van der Waals surface area contributed by atoms with Crippen LogP contribution in [0.1, 0.15) is 12.0 Å². The van der Waals surface area contributed by atoms with Gasteiger partial charge in [0, 0.05) is 43.9 Å². The second kappa shape index (κ2) is 11.3. The first-order valence-corrected chi connectivity index (χ1v) is 6.84. The highest BCUT2D eigenvalue weighted by Gasteiger charge is 2.04. The smallest absolute Gasteiger partial charge is 0.191 e. The normalized spacial score (nSPS) is 10.9. The molecule has 0 saturated carbocycles. The highest BCUT2D eigenvalue weighted by molar-refractivity contribution is 14.0. The molecule has 0 bridgehead atoms. The Kier molecular flexibility index (Phi) is 11.0. The summed E-state index contributed by atoms with van der Waals surface area (Å²) in [5, 5.41) is 6.20. The second-order valence-corrected chi connectivity index (χ2v) is 4.85. The van der Waals surface area contributed by atoms with Crippen LogP contribution >= 0.6 is 39.9 Å². The van der Waals surface area contributed by atoms with E-state index in [2.05, 4.69) is 31.6 Å². The average molecular weight is 460 g/mol. The molecule has 0 aliphatic carbocycles. The summed E-state index contributed by atoms with van der Waals surface area (Å²) in [6, 6.07) is 4.87. The first-order valence-electron chi connectivity index (χ1n) is 6.04. The van der Waals surface area contributed by atoms with Gasteiger partial charge in [0.15, 0.2) is 5.96 Å². The lowest BCUT2D eigenvalue weighted by Crippen LogP contribution is -2.37. The molecule has 0 heterocycles. The molecule has 2 N–H and O–H groups in total. The van der Waals surface area contributed by atoms with Gasteiger partial charge in [-0.3, -0.25) is 4.99 Å². The van der Waals surface area contributed by atoms with Crippen molar-refractivity contribution in [3.8, 4) is 0 Å². The fraction of sp³-hybridized carbons (Fsp3) is 0.462. The number of nitrogens with zero attached hydrogens (tertiary/aromatic N) is 1. The molecule has 114 valence electrons. The molecule has 0 radical (unpaired) electrons. The molecule has 0 saturated heterocycles. The van der Waals surface area contributed by atoms with Crippen LogP contribution in [0.3, 0.4) is 0 Å². The van der Waals surface area contributed by atoms with Crippen LogP contribution < -0.4 is 10.6 Å². The zero-order valence-electron chi connectivity index (χ0n) is 11.6. The standard InChI is InChI=1S/C13H19BrFN3O.HI/c1-16-13(17-6-3-7-19-2)18-9-10-8-11(14)4-5-12(10)15;/h4-5,8H,3,6-7,9H2,1-2H3,(H2,16,17,18);1H. The van der Waals surface area contributed by atoms with E-state index in [1.807, 2.05) is 0 Å². The van der Waals surface area contributed by atoms with Crippen molar-refractivity contribution in [1.82, 2.24) is 10.6 Å². The molecule has 1 rings (SSSR count). The zero-order valence-corrected chi connectivity index (χ0v) is 15.5. The third kappa shape index (κ3) is 7.39. The van der Waals surface area contributed by atoms with Gasteiger partial charge >= 0.3 is 0 Å². The Morgan fingerprint density at radius 2 is 2.15 bits per heavy atom. The molecule has 0 unspecified atom stereocenters. The fourth-order valence-electron chi connectivity index (χ4n) is 1.50. The van der Waals surface area contributed by atoms with Crippen LogP contribution in [0.2, 0.25) is 0 Å². The van der Waals surface area contributed by atoms with Crippen LogP contribution in [0.5, 0.6) is 0 Å². The lowest BCUT2D eigenvalue weighted by Gasteiger charge is -2.12. The van der Waals surface area contributed by atoms with Gasteiger partial charge in [0.1, 0.15) is 5.82 Å². The summed E-state index contributed by atoms with van der Waals surface area (Å²) >= 11 is 3.33. The average Bonchev–Trinajstić information content (AvgIpc) is 2.41. The Balaban J connectivity index is 0.00000361. The van der Waals surface area contributed by atoms with Crippen molar-refractivity contribution < 1.29 is 9.13 Å². The summed E-state index contributed by atoms with van der Waals surface area (Å²) in [5.41, 5.74) is 0.592. The van der Waals surface area contributed by atoms with Gasteiger partial charge in [-0.1, -0.05) is 15.9 Å². The van der Waals surface area contributed by atoms with Crippen LogP contribution in [-0.2, 0) is 11.3 Å². The summed E-state index contributed by atoms with van der Waals surface area (Å²) in [7, 11) is 3.35. The van der Waals surface area contributed by atoms with Crippen LogP contribution in [0.25, 0.3) is 0 Å². The molecule has 20 heavy (non-hydrogen) atoms. The predicted octanol–water partition coefficient (Wildman–Crippen LogP) is 2.91. The first-order chi connectivity index (χ1) is 9.17. The maximum absolute atomic E-state index is 13.5. The van der Waals surface area contributed by atoms with E-state index in [1.54, 1.807) is 26.3 Å². The molecule has 0 aromatic heterocycles. The summed E-state index contributed by atoms with van der Waals surface area (Å²) in [5.74, 6) is 0.418. The minimum atomic E-state index is -0.231. The summed E-state index contributed by atoms with van der Waals surface area (Å²) in [6.45, 7) is 1.84. The van der Waals surface area contributed by atoms with Crippen molar-refractivity contribution in [2.24, 2.45) is 4.99 Å². The van der Waals surface area contributed by atoms with E-state index in [1.165, 1.54) is 6.07 Å². The topological polar surface area (TPSA) is 45.7 Å². The van der Waals surface area contributed by atoms with E-state index in [0.717, 1.165) is 17.4 Å². The van der Waals surface area contributed by atoms with Gasteiger partial charge in [-0.05, 0) is 24.6 Å². The number of guanidine groups is 1. The van der Waals surface area contributed by atoms with E-state index in [-0.39, 0.29) is 29.8 Å². The molecule has 0 aliphatic rings. The monoisotopic (exact) mass is 459 g/mol. The Labute approximate surface area is 144 Å². The number of methoxy groups -OCH3 is 1. The Morgan fingerprint density at radius 1 is 1.40 bits per heavy atom. The quantitative estimate of drug-likeness (QED) is 0.297. The van der Waals surface area contributed by atoms with Gasteiger partial charge in [-0.25, -0.2) is 4.39 Å². The van der Waals surface area contributed by atoms with Gasteiger partial charge in [0.05, 0.1) is 0 Å². The highest BCUT2D eigenvalue weighted by atomic mass is 127. The molecular weight excluding hydrogens is 440 g/mol. The number of benzene rings is 1. The number of ether oxygens (including phenoxy) is 1. The van der Waals surface area contributed by atoms with Crippen molar-refractivity contribution in [2.45, 2.75) is 13.0 Å².